The van der Waals surface area contributed by atoms with Gasteiger partial charge in [-0.25, -0.2) is 9.19 Å². The molecule has 0 bridgehead atoms. The van der Waals surface area contributed by atoms with Crippen LogP contribution in [0.2, 0.25) is 0 Å². The molecule has 2 aromatic heterocycles. The maximum atomic E-state index is 13.4. The molecule has 0 radical (unpaired) electrons. The lowest BCUT2D eigenvalue weighted by molar-refractivity contribution is -0.137. The molecule has 2 N–H and O–H groups in total. The highest BCUT2D eigenvalue weighted by molar-refractivity contribution is 7.78. The summed E-state index contributed by atoms with van der Waals surface area (Å²) in [6.45, 7) is 0. The van der Waals surface area contributed by atoms with Crippen LogP contribution in [-0.4, -0.2) is 30.8 Å². The molecule has 0 aliphatic heterocycles. The molecule has 0 amide bonds. The summed E-state index contributed by atoms with van der Waals surface area (Å²) in [5.74, 6) is 0.637. The number of alkyl halides is 3. The summed E-state index contributed by atoms with van der Waals surface area (Å²) in [5, 5.41) is 0. The lowest BCUT2D eigenvalue weighted by Crippen LogP contribution is -2.07. The van der Waals surface area contributed by atoms with Gasteiger partial charge in [-0.3, -0.25) is 4.98 Å². The van der Waals surface area contributed by atoms with Crippen molar-refractivity contribution in [3.8, 4) is 39.5 Å². The van der Waals surface area contributed by atoms with Crippen molar-refractivity contribution < 1.29 is 26.7 Å². The first-order valence-corrected chi connectivity index (χ1v) is 11.0. The van der Waals surface area contributed by atoms with Crippen LogP contribution >= 0.6 is 0 Å². The highest BCUT2D eigenvalue weighted by Crippen LogP contribution is 2.37. The first kappa shape index (κ1) is 22.7. The van der Waals surface area contributed by atoms with E-state index in [0.29, 0.717) is 22.8 Å². The molecule has 1 unspecified atom stereocenters. The molecule has 2 aromatic carbocycles. The van der Waals surface area contributed by atoms with Gasteiger partial charge in [0.2, 0.25) is 0 Å². The Morgan fingerprint density at radius 3 is 2.58 bits per heavy atom. The minimum absolute atomic E-state index is 0.0906. The zero-order valence-electron chi connectivity index (χ0n) is 17.3. The van der Waals surface area contributed by atoms with Crippen LogP contribution in [0, 0.1) is 0 Å². The van der Waals surface area contributed by atoms with E-state index in [9.17, 15) is 17.4 Å². The third-order valence-corrected chi connectivity index (χ3v) is 5.55. The minimum Gasteiger partial charge on any atom is -0.496 e. The number of hydrogen-bond donors (Lipinski definition) is 2. The standard InChI is InChI=1S/C23H18F3N3O3S/c1-32-21-5-3-2-4-18(21)17-6-7-27-11-19(17)22-28-12-20(29-22)15-8-14(13-33(30)31)9-16(10-15)23(24,25)26/h2-12H,13H2,1H3,(H,28,29)(H,30,31). The molecule has 0 saturated carbocycles. The number of benzene rings is 2. The Labute approximate surface area is 189 Å². The van der Waals surface area contributed by atoms with Crippen LogP contribution in [0.25, 0.3) is 33.8 Å². The summed E-state index contributed by atoms with van der Waals surface area (Å²) in [4.78, 5) is 11.6. The Kier molecular flexibility index (Phi) is 6.30. The summed E-state index contributed by atoms with van der Waals surface area (Å²) < 4.78 is 66.0. The normalized spacial score (nSPS) is 12.5. The number of rotatable bonds is 6. The van der Waals surface area contributed by atoms with E-state index < -0.39 is 28.6 Å². The second kappa shape index (κ2) is 9.16. The second-order valence-electron chi connectivity index (χ2n) is 7.15. The van der Waals surface area contributed by atoms with Crippen molar-refractivity contribution in [2.75, 3.05) is 7.11 Å². The summed E-state index contributed by atoms with van der Waals surface area (Å²) in [6.07, 6.45) is 0.0501. The number of aromatic amines is 1. The van der Waals surface area contributed by atoms with Crippen LogP contribution in [0.5, 0.6) is 5.75 Å². The fraction of sp³-hybridized carbons (Fsp3) is 0.130. The Morgan fingerprint density at radius 1 is 1.06 bits per heavy atom. The van der Waals surface area contributed by atoms with Crippen molar-refractivity contribution in [1.82, 2.24) is 15.0 Å². The third kappa shape index (κ3) is 4.96. The summed E-state index contributed by atoms with van der Waals surface area (Å²) in [5.41, 5.74) is 1.94. The zero-order chi connectivity index (χ0) is 23.6. The van der Waals surface area contributed by atoms with Gasteiger partial charge in [-0.05, 0) is 41.5 Å². The quantitative estimate of drug-likeness (QED) is 0.358. The fourth-order valence-corrected chi connectivity index (χ4v) is 3.98. The lowest BCUT2D eigenvalue weighted by atomic mass is 10.0. The van der Waals surface area contributed by atoms with Crippen molar-refractivity contribution in [3.05, 3.63) is 78.2 Å². The van der Waals surface area contributed by atoms with E-state index in [4.69, 9.17) is 9.29 Å². The number of methoxy groups -OCH3 is 1. The topological polar surface area (TPSA) is 88.1 Å². The molecule has 10 heteroatoms. The molecule has 0 spiro atoms. The van der Waals surface area contributed by atoms with E-state index >= 15 is 0 Å². The number of imidazole rings is 1. The number of aromatic nitrogens is 3. The van der Waals surface area contributed by atoms with Crippen LogP contribution in [0.15, 0.2) is 67.1 Å². The van der Waals surface area contributed by atoms with Gasteiger partial charge in [0.25, 0.3) is 0 Å². The van der Waals surface area contributed by atoms with Gasteiger partial charge in [0.1, 0.15) is 11.6 Å². The minimum atomic E-state index is -4.61. The molecule has 6 nitrogen and oxygen atoms in total. The van der Waals surface area contributed by atoms with Gasteiger partial charge < -0.3 is 14.3 Å². The first-order chi connectivity index (χ1) is 15.8. The average molecular weight is 473 g/mol. The molecule has 1 atom stereocenters. The summed E-state index contributed by atoms with van der Waals surface area (Å²) in [7, 11) is 1.56. The fourth-order valence-electron chi connectivity index (χ4n) is 3.53. The number of para-hydroxylation sites is 1. The SMILES string of the molecule is COc1ccccc1-c1ccncc1-c1ncc(-c2cc(CS(=O)O)cc(C(F)(F)F)c2)[nH]1. The van der Waals surface area contributed by atoms with Gasteiger partial charge in [0.05, 0.1) is 30.3 Å². The monoisotopic (exact) mass is 473 g/mol. The van der Waals surface area contributed by atoms with Gasteiger partial charge in [0, 0.05) is 29.1 Å². The molecular formula is C23H18F3N3O3S. The molecule has 0 fully saturated rings. The van der Waals surface area contributed by atoms with Gasteiger partial charge in [-0.2, -0.15) is 13.2 Å². The number of nitrogens with one attached hydrogen (secondary N) is 1. The van der Waals surface area contributed by atoms with Crippen molar-refractivity contribution >= 4 is 11.1 Å². The molecule has 170 valence electrons. The average Bonchev–Trinajstić information content (AvgIpc) is 3.28. The maximum Gasteiger partial charge on any atom is 0.416 e. The summed E-state index contributed by atoms with van der Waals surface area (Å²) >= 11 is -2.28. The number of ether oxygens (including phenoxy) is 1. The number of pyridine rings is 1. The Bertz CT molecular complexity index is 1320. The van der Waals surface area contributed by atoms with Crippen molar-refractivity contribution in [2.24, 2.45) is 0 Å². The molecule has 0 saturated heterocycles. The van der Waals surface area contributed by atoms with Crippen LogP contribution in [0.4, 0.5) is 13.2 Å². The highest BCUT2D eigenvalue weighted by atomic mass is 32.2. The van der Waals surface area contributed by atoms with Crippen LogP contribution in [-0.2, 0) is 23.0 Å². The van der Waals surface area contributed by atoms with Gasteiger partial charge >= 0.3 is 6.18 Å². The van der Waals surface area contributed by atoms with Crippen molar-refractivity contribution in [1.29, 1.82) is 0 Å². The molecule has 0 aliphatic rings. The largest absolute Gasteiger partial charge is 0.496 e. The third-order valence-electron chi connectivity index (χ3n) is 4.97. The predicted molar refractivity (Wildman–Crippen MR) is 119 cm³/mol. The Hall–Kier alpha value is -3.50. The number of nitrogens with zero attached hydrogens (tertiary/aromatic N) is 2. The molecule has 2 heterocycles. The number of H-pyrrole nitrogens is 1. The van der Waals surface area contributed by atoms with Gasteiger partial charge in [-0.15, -0.1) is 0 Å². The van der Waals surface area contributed by atoms with Crippen LogP contribution < -0.4 is 4.74 Å². The molecular weight excluding hydrogens is 455 g/mol. The van der Waals surface area contributed by atoms with Gasteiger partial charge in [-0.1, -0.05) is 18.2 Å². The lowest BCUT2D eigenvalue weighted by Gasteiger charge is -2.12. The Morgan fingerprint density at radius 2 is 1.85 bits per heavy atom. The van der Waals surface area contributed by atoms with E-state index in [1.807, 2.05) is 24.3 Å². The van der Waals surface area contributed by atoms with E-state index in [2.05, 4.69) is 15.0 Å². The van der Waals surface area contributed by atoms with E-state index in [0.717, 1.165) is 23.3 Å². The van der Waals surface area contributed by atoms with Crippen LogP contribution in [0.3, 0.4) is 0 Å². The first-order valence-electron chi connectivity index (χ1n) is 9.68. The smallest absolute Gasteiger partial charge is 0.416 e. The zero-order valence-corrected chi connectivity index (χ0v) is 18.1. The van der Waals surface area contributed by atoms with E-state index in [1.165, 1.54) is 12.3 Å². The van der Waals surface area contributed by atoms with Crippen molar-refractivity contribution in [2.45, 2.75) is 11.9 Å². The summed E-state index contributed by atoms with van der Waals surface area (Å²) in [6, 6.07) is 12.5. The van der Waals surface area contributed by atoms with E-state index in [-0.39, 0.29) is 11.1 Å². The maximum absolute atomic E-state index is 13.4. The molecule has 4 aromatic rings. The molecule has 33 heavy (non-hydrogen) atoms. The van der Waals surface area contributed by atoms with E-state index in [1.54, 1.807) is 25.6 Å². The molecule has 4 rings (SSSR count). The number of hydrogen-bond acceptors (Lipinski definition) is 4. The van der Waals surface area contributed by atoms with Crippen LogP contribution in [0.1, 0.15) is 11.1 Å². The number of halogens is 3. The second-order valence-corrected chi connectivity index (χ2v) is 8.08. The predicted octanol–water partition coefficient (Wildman–Crippen LogP) is 5.55. The van der Waals surface area contributed by atoms with Gasteiger partial charge in [0.15, 0.2) is 11.1 Å². The van der Waals surface area contributed by atoms with Crippen molar-refractivity contribution in [3.63, 3.8) is 0 Å². The highest BCUT2D eigenvalue weighted by Gasteiger charge is 2.31. The molecule has 0 aliphatic carbocycles. The Balaban J connectivity index is 1.80.